The van der Waals surface area contributed by atoms with Gasteiger partial charge in [-0.05, 0) is 37.2 Å². The van der Waals surface area contributed by atoms with Gasteiger partial charge < -0.3 is 14.9 Å². The van der Waals surface area contributed by atoms with E-state index in [0.29, 0.717) is 24.4 Å². The Morgan fingerprint density at radius 1 is 1.21 bits per heavy atom. The van der Waals surface area contributed by atoms with Crippen LogP contribution in [0.1, 0.15) is 43.3 Å². The van der Waals surface area contributed by atoms with Crippen molar-refractivity contribution >= 4 is 6.08 Å². The maximum absolute atomic E-state index is 13.7. The summed E-state index contributed by atoms with van der Waals surface area (Å²) >= 11 is 0. The van der Waals surface area contributed by atoms with E-state index < -0.39 is 30.5 Å². The molecule has 1 aromatic carbocycles. The summed E-state index contributed by atoms with van der Waals surface area (Å²) in [6.07, 6.45) is -2.29. The molecule has 1 aromatic heterocycles. The first-order chi connectivity index (χ1) is 15.6. The highest BCUT2D eigenvalue weighted by Crippen LogP contribution is 2.37. The summed E-state index contributed by atoms with van der Waals surface area (Å²) < 4.78 is 77.4. The van der Waals surface area contributed by atoms with Crippen LogP contribution in [0.2, 0.25) is 0 Å². The molecule has 0 spiro atoms. The van der Waals surface area contributed by atoms with E-state index in [4.69, 9.17) is 14.4 Å². The van der Waals surface area contributed by atoms with Gasteiger partial charge in [0.2, 0.25) is 5.82 Å². The first-order valence-electron chi connectivity index (χ1n) is 9.96. The smallest absolute Gasteiger partial charge is 0.493 e. The molecular formula is C23H29F5N2O3. The van der Waals surface area contributed by atoms with Crippen molar-refractivity contribution in [1.82, 2.24) is 0 Å². The van der Waals surface area contributed by atoms with E-state index in [9.17, 15) is 22.0 Å². The molecule has 0 aliphatic rings. The minimum atomic E-state index is -4.78. The van der Waals surface area contributed by atoms with E-state index in [2.05, 4.69) is 17.0 Å². The van der Waals surface area contributed by atoms with Gasteiger partial charge in [-0.1, -0.05) is 32.9 Å². The summed E-state index contributed by atoms with van der Waals surface area (Å²) in [6.45, 7) is 6.35. The van der Waals surface area contributed by atoms with Crippen molar-refractivity contribution in [2.24, 2.45) is 11.7 Å². The monoisotopic (exact) mass is 476 g/mol. The number of rotatable bonds is 8. The van der Waals surface area contributed by atoms with Gasteiger partial charge in [-0.15, -0.1) is 13.2 Å². The molecule has 0 amide bonds. The van der Waals surface area contributed by atoms with E-state index in [1.165, 1.54) is 13.1 Å². The number of furan rings is 1. The molecule has 2 rings (SSSR count). The number of methoxy groups -OCH3 is 1. The van der Waals surface area contributed by atoms with Crippen molar-refractivity contribution in [3.8, 4) is 11.8 Å². The highest BCUT2D eigenvalue weighted by atomic mass is 19.4. The predicted molar refractivity (Wildman–Crippen MR) is 115 cm³/mol. The van der Waals surface area contributed by atoms with Gasteiger partial charge in [-0.3, -0.25) is 4.74 Å². The Morgan fingerprint density at radius 3 is 2.30 bits per heavy atom. The van der Waals surface area contributed by atoms with Crippen LogP contribution in [-0.2, 0) is 11.2 Å². The van der Waals surface area contributed by atoms with E-state index >= 15 is 0 Å². The second kappa shape index (κ2) is 15.0. The normalized spacial score (nSPS) is 12.3. The van der Waals surface area contributed by atoms with Gasteiger partial charge in [-0.25, -0.2) is 4.39 Å². The van der Waals surface area contributed by atoms with Gasteiger partial charge in [0.25, 0.3) is 0 Å². The predicted octanol–water partition coefficient (Wildman–Crippen LogP) is 6.20. The molecule has 0 aliphatic heterocycles. The van der Waals surface area contributed by atoms with Gasteiger partial charge >= 0.3 is 6.36 Å². The van der Waals surface area contributed by atoms with Gasteiger partial charge in [0.1, 0.15) is 11.5 Å². The van der Waals surface area contributed by atoms with Crippen molar-refractivity contribution in [3.63, 3.8) is 0 Å². The molecule has 2 unspecified atom stereocenters. The number of nitrogens with two attached hydrogens (primary N) is 1. The van der Waals surface area contributed by atoms with Gasteiger partial charge in [-0.2, -0.15) is 9.65 Å². The number of halogens is 5. The highest BCUT2D eigenvalue weighted by Gasteiger charge is 2.33. The Kier molecular flexibility index (Phi) is 13.7. The lowest BCUT2D eigenvalue weighted by Crippen LogP contribution is -2.23. The number of benzene rings is 1. The van der Waals surface area contributed by atoms with Crippen LogP contribution in [0.4, 0.5) is 22.0 Å². The SMILES string of the molecule is C=Cc1ccc(CC#N)o1.CCC(C)C(COC(F)(F)F)c1ccc(F)c(F)c1OC.CN. The van der Waals surface area contributed by atoms with Crippen molar-refractivity contribution in [2.75, 3.05) is 20.8 Å². The molecule has 0 fully saturated rings. The average Bonchev–Trinajstić information content (AvgIpc) is 3.25. The van der Waals surface area contributed by atoms with Crippen LogP contribution >= 0.6 is 0 Å². The topological polar surface area (TPSA) is 81.4 Å². The quantitative estimate of drug-likeness (QED) is 0.459. The van der Waals surface area contributed by atoms with Crippen LogP contribution in [0, 0.1) is 28.9 Å². The van der Waals surface area contributed by atoms with Crippen molar-refractivity contribution < 1.29 is 35.8 Å². The number of nitrogens with zero attached hydrogens (tertiary/aromatic N) is 1. The number of hydrogen-bond donors (Lipinski definition) is 1. The van der Waals surface area contributed by atoms with Crippen molar-refractivity contribution in [2.45, 2.75) is 39.0 Å². The van der Waals surface area contributed by atoms with Gasteiger partial charge in [0.05, 0.1) is 26.2 Å². The minimum absolute atomic E-state index is 0.162. The molecule has 1 heterocycles. The maximum atomic E-state index is 13.7. The average molecular weight is 476 g/mol. The zero-order valence-electron chi connectivity index (χ0n) is 19.0. The lowest BCUT2D eigenvalue weighted by atomic mass is 9.85. The second-order valence-electron chi connectivity index (χ2n) is 6.58. The third kappa shape index (κ3) is 10.1. The maximum Gasteiger partial charge on any atom is 0.522 e. The Morgan fingerprint density at radius 2 is 1.85 bits per heavy atom. The minimum Gasteiger partial charge on any atom is -0.493 e. The second-order valence-corrected chi connectivity index (χ2v) is 6.58. The fourth-order valence-corrected chi connectivity index (χ4v) is 2.75. The first-order valence-corrected chi connectivity index (χ1v) is 9.96. The molecular weight excluding hydrogens is 447 g/mol. The van der Waals surface area contributed by atoms with E-state index in [0.717, 1.165) is 13.2 Å². The van der Waals surface area contributed by atoms with Gasteiger partial charge in [0.15, 0.2) is 11.6 Å². The molecule has 33 heavy (non-hydrogen) atoms. The molecule has 0 bridgehead atoms. The highest BCUT2D eigenvalue weighted by molar-refractivity contribution is 5.40. The van der Waals surface area contributed by atoms with Crippen LogP contribution in [0.3, 0.4) is 0 Å². The molecule has 2 aromatic rings. The van der Waals surface area contributed by atoms with E-state index in [-0.39, 0.29) is 17.2 Å². The molecule has 10 heteroatoms. The van der Waals surface area contributed by atoms with Crippen LogP contribution in [0.15, 0.2) is 35.3 Å². The fourth-order valence-electron chi connectivity index (χ4n) is 2.75. The van der Waals surface area contributed by atoms with E-state index in [1.807, 2.05) is 6.07 Å². The summed E-state index contributed by atoms with van der Waals surface area (Å²) in [4.78, 5) is 0. The standard InChI is InChI=1S/C14H17F5O2.C8H7NO.CH5N/c1-4-8(2)10(7-21-14(17,18)19)9-5-6-11(15)12(16)13(9)20-3;1-2-7-3-4-8(10-7)5-6-9;1-2/h5-6,8,10H,4,7H2,1-3H3;2-4H,1,5H2;2H2,1H3. The van der Waals surface area contributed by atoms with Crippen LogP contribution < -0.4 is 10.5 Å². The van der Waals surface area contributed by atoms with Crippen molar-refractivity contribution in [1.29, 1.82) is 5.26 Å². The molecule has 5 nitrogen and oxygen atoms in total. The zero-order chi connectivity index (χ0) is 25.6. The van der Waals surface area contributed by atoms with Gasteiger partial charge in [0, 0.05) is 11.5 Å². The molecule has 184 valence electrons. The summed E-state index contributed by atoms with van der Waals surface area (Å²) in [7, 11) is 2.64. The summed E-state index contributed by atoms with van der Waals surface area (Å²) in [5.41, 5.74) is 4.66. The molecule has 2 atom stereocenters. The Labute approximate surface area is 190 Å². The number of hydrogen-bond acceptors (Lipinski definition) is 5. The Balaban J connectivity index is 0.000000709. The Bertz CT molecular complexity index is 891. The summed E-state index contributed by atoms with van der Waals surface area (Å²) in [5.74, 6) is -2.30. The molecule has 2 N–H and O–H groups in total. The van der Waals surface area contributed by atoms with Crippen LogP contribution in [0.25, 0.3) is 6.08 Å². The fraction of sp³-hybridized carbons (Fsp3) is 0.435. The van der Waals surface area contributed by atoms with E-state index in [1.54, 1.807) is 32.1 Å². The first kappa shape index (κ1) is 30.1. The summed E-state index contributed by atoms with van der Waals surface area (Å²) in [5, 5.41) is 8.27. The number of ether oxygens (including phenoxy) is 2. The summed E-state index contributed by atoms with van der Waals surface area (Å²) in [6, 6.07) is 7.66. The third-order valence-corrected chi connectivity index (χ3v) is 4.58. The molecule has 0 radical (unpaired) electrons. The van der Waals surface area contributed by atoms with Crippen LogP contribution in [-0.4, -0.2) is 27.1 Å². The molecule has 0 saturated carbocycles. The number of nitriles is 1. The zero-order valence-corrected chi connectivity index (χ0v) is 19.0. The van der Waals surface area contributed by atoms with Crippen molar-refractivity contribution in [3.05, 3.63) is 59.6 Å². The Hall–Kier alpha value is -2.90. The molecule has 0 saturated heterocycles. The largest absolute Gasteiger partial charge is 0.522 e. The molecule has 0 aliphatic carbocycles. The lowest BCUT2D eigenvalue weighted by molar-refractivity contribution is -0.326. The lowest BCUT2D eigenvalue weighted by Gasteiger charge is -2.25. The van der Waals surface area contributed by atoms with Crippen LogP contribution in [0.5, 0.6) is 5.75 Å². The number of alkyl halides is 3. The third-order valence-electron chi connectivity index (χ3n) is 4.58.